The third-order valence-corrected chi connectivity index (χ3v) is 4.99. The number of carboxylic acids is 1. The number of hydrogen-bond donors (Lipinski definition) is 3. The Balaban J connectivity index is 2.63. The summed E-state index contributed by atoms with van der Waals surface area (Å²) in [4.78, 5) is 34.2. The van der Waals surface area contributed by atoms with Crippen LogP contribution in [-0.2, 0) is 19.6 Å². The van der Waals surface area contributed by atoms with E-state index < -0.39 is 27.9 Å². The predicted octanol–water partition coefficient (Wildman–Crippen LogP) is 1.17. The van der Waals surface area contributed by atoms with Gasteiger partial charge < -0.3 is 10.4 Å². The number of nitrogens with one attached hydrogen (secondary N) is 2. The standard InChI is InChI=1S/C17H24N2O6S/c1-11(2)9-15(17(22)23)19-16(21)7-8-18-26(24,25)14-6-4-5-13(10-14)12(3)20/h4-6,10-11,15,18H,7-9H2,1-3H3,(H,19,21)(H,22,23)/t15-/m0/s1. The highest BCUT2D eigenvalue weighted by atomic mass is 32.2. The third-order valence-electron chi connectivity index (χ3n) is 3.54. The fraction of sp³-hybridized carbons (Fsp3) is 0.471. The number of carbonyl (C=O) groups is 3. The summed E-state index contributed by atoms with van der Waals surface area (Å²) in [5, 5.41) is 11.5. The Labute approximate surface area is 153 Å². The number of carboxylic acid groups (broad SMARTS) is 1. The van der Waals surface area contributed by atoms with Gasteiger partial charge in [-0.3, -0.25) is 9.59 Å². The molecule has 0 saturated heterocycles. The largest absolute Gasteiger partial charge is 0.480 e. The van der Waals surface area contributed by atoms with Crippen molar-refractivity contribution in [2.75, 3.05) is 6.54 Å². The van der Waals surface area contributed by atoms with Crippen LogP contribution in [0.3, 0.4) is 0 Å². The lowest BCUT2D eigenvalue weighted by atomic mass is 10.0. The van der Waals surface area contributed by atoms with Crippen molar-refractivity contribution in [3.05, 3.63) is 29.8 Å². The van der Waals surface area contributed by atoms with Crippen LogP contribution in [-0.4, -0.2) is 43.8 Å². The van der Waals surface area contributed by atoms with Crippen molar-refractivity contribution >= 4 is 27.7 Å². The van der Waals surface area contributed by atoms with Crippen molar-refractivity contribution in [2.45, 2.75) is 44.6 Å². The second-order valence-corrected chi connectivity index (χ2v) is 8.09. The normalized spacial score (nSPS) is 12.6. The molecular weight excluding hydrogens is 360 g/mol. The molecule has 144 valence electrons. The molecule has 8 nitrogen and oxygen atoms in total. The molecule has 1 rings (SSSR count). The van der Waals surface area contributed by atoms with E-state index in [9.17, 15) is 22.8 Å². The van der Waals surface area contributed by atoms with Crippen LogP contribution in [0.1, 0.15) is 44.0 Å². The van der Waals surface area contributed by atoms with Crippen LogP contribution in [0.5, 0.6) is 0 Å². The van der Waals surface area contributed by atoms with E-state index in [1.807, 2.05) is 13.8 Å². The summed E-state index contributed by atoms with van der Waals surface area (Å²) < 4.78 is 26.7. The van der Waals surface area contributed by atoms with Crippen LogP contribution in [0, 0.1) is 5.92 Å². The number of Topliss-reactive ketones (excluding diaryl/α,β-unsaturated/α-hetero) is 1. The van der Waals surface area contributed by atoms with Crippen LogP contribution >= 0.6 is 0 Å². The lowest BCUT2D eigenvalue weighted by Crippen LogP contribution is -2.42. The molecule has 0 radical (unpaired) electrons. The van der Waals surface area contributed by atoms with Gasteiger partial charge in [-0.05, 0) is 31.4 Å². The second-order valence-electron chi connectivity index (χ2n) is 6.32. The van der Waals surface area contributed by atoms with Crippen LogP contribution in [0.15, 0.2) is 29.2 Å². The lowest BCUT2D eigenvalue weighted by Gasteiger charge is -2.16. The Hall–Kier alpha value is -2.26. The van der Waals surface area contributed by atoms with Crippen molar-refractivity contribution < 1.29 is 27.9 Å². The molecule has 1 aromatic carbocycles. The van der Waals surface area contributed by atoms with Crippen molar-refractivity contribution in [3.8, 4) is 0 Å². The second kappa shape index (κ2) is 9.44. The molecule has 0 aliphatic rings. The van der Waals surface area contributed by atoms with Crippen molar-refractivity contribution in [3.63, 3.8) is 0 Å². The number of rotatable bonds is 10. The van der Waals surface area contributed by atoms with E-state index >= 15 is 0 Å². The minimum Gasteiger partial charge on any atom is -0.480 e. The molecule has 3 N–H and O–H groups in total. The highest BCUT2D eigenvalue weighted by molar-refractivity contribution is 7.89. The first-order valence-corrected chi connectivity index (χ1v) is 9.64. The van der Waals surface area contributed by atoms with Gasteiger partial charge in [0.15, 0.2) is 5.78 Å². The maximum absolute atomic E-state index is 12.2. The molecule has 9 heteroatoms. The van der Waals surface area contributed by atoms with Gasteiger partial charge >= 0.3 is 5.97 Å². The Morgan fingerprint density at radius 3 is 2.38 bits per heavy atom. The Bertz CT molecular complexity index is 773. The first-order chi connectivity index (χ1) is 12.0. The van der Waals surface area contributed by atoms with Crippen molar-refractivity contribution in [2.24, 2.45) is 5.92 Å². The summed E-state index contributed by atoms with van der Waals surface area (Å²) in [6.45, 7) is 4.82. The highest BCUT2D eigenvalue weighted by Crippen LogP contribution is 2.12. The average molecular weight is 384 g/mol. The SMILES string of the molecule is CC(=O)c1cccc(S(=O)(=O)NCCC(=O)N[C@@H](CC(C)C)C(=O)O)c1. The summed E-state index contributed by atoms with van der Waals surface area (Å²) in [5.74, 6) is -1.86. The van der Waals surface area contributed by atoms with Crippen LogP contribution in [0.4, 0.5) is 0 Å². The van der Waals surface area contributed by atoms with Gasteiger partial charge in [0, 0.05) is 18.5 Å². The van der Waals surface area contributed by atoms with E-state index in [4.69, 9.17) is 5.11 Å². The lowest BCUT2D eigenvalue weighted by molar-refractivity contribution is -0.142. The summed E-state index contributed by atoms with van der Waals surface area (Å²) in [6.07, 6.45) is 0.0815. The molecule has 0 unspecified atom stereocenters. The average Bonchev–Trinajstić information content (AvgIpc) is 2.53. The summed E-state index contributed by atoms with van der Waals surface area (Å²) in [7, 11) is -3.87. The molecule has 1 amide bonds. The molecule has 0 aliphatic heterocycles. The first-order valence-electron chi connectivity index (χ1n) is 8.15. The molecule has 26 heavy (non-hydrogen) atoms. The molecule has 0 bridgehead atoms. The van der Waals surface area contributed by atoms with E-state index in [0.29, 0.717) is 0 Å². The third kappa shape index (κ3) is 6.93. The zero-order valence-electron chi connectivity index (χ0n) is 15.0. The number of benzene rings is 1. The number of aliphatic carboxylic acids is 1. The summed E-state index contributed by atoms with van der Waals surface area (Å²) >= 11 is 0. The van der Waals surface area contributed by atoms with Crippen molar-refractivity contribution in [1.29, 1.82) is 0 Å². The maximum atomic E-state index is 12.2. The smallest absolute Gasteiger partial charge is 0.326 e. The Morgan fingerprint density at radius 1 is 1.19 bits per heavy atom. The number of sulfonamides is 1. The van der Waals surface area contributed by atoms with E-state index in [0.717, 1.165) is 0 Å². The molecule has 0 aromatic heterocycles. The van der Waals surface area contributed by atoms with Gasteiger partial charge in [-0.15, -0.1) is 0 Å². The van der Waals surface area contributed by atoms with Gasteiger partial charge in [-0.25, -0.2) is 17.9 Å². The fourth-order valence-corrected chi connectivity index (χ4v) is 3.30. The molecule has 0 fully saturated rings. The fourth-order valence-electron chi connectivity index (χ4n) is 2.22. The van der Waals surface area contributed by atoms with Gasteiger partial charge in [0.05, 0.1) is 4.90 Å². The van der Waals surface area contributed by atoms with Crippen LogP contribution in [0.25, 0.3) is 0 Å². The zero-order chi connectivity index (χ0) is 19.9. The maximum Gasteiger partial charge on any atom is 0.326 e. The topological polar surface area (TPSA) is 130 Å². The van der Waals surface area contributed by atoms with Gasteiger partial charge in [-0.2, -0.15) is 0 Å². The minimum atomic E-state index is -3.87. The van der Waals surface area contributed by atoms with Crippen LogP contribution in [0.2, 0.25) is 0 Å². The molecule has 0 spiro atoms. The van der Waals surface area contributed by atoms with E-state index in [2.05, 4.69) is 10.0 Å². The number of hydrogen-bond acceptors (Lipinski definition) is 5. The number of ketones is 1. The minimum absolute atomic E-state index is 0.0752. The Kier molecular flexibility index (Phi) is 7.91. The highest BCUT2D eigenvalue weighted by Gasteiger charge is 2.21. The summed E-state index contributed by atoms with van der Waals surface area (Å²) in [6, 6.07) is 4.56. The molecule has 0 aliphatic carbocycles. The number of carbonyl (C=O) groups excluding carboxylic acids is 2. The molecule has 1 atom stereocenters. The quantitative estimate of drug-likeness (QED) is 0.519. The van der Waals surface area contributed by atoms with Crippen LogP contribution < -0.4 is 10.0 Å². The molecule has 0 saturated carbocycles. The van der Waals surface area contributed by atoms with Gasteiger partial charge in [0.2, 0.25) is 15.9 Å². The molecular formula is C17H24N2O6S. The van der Waals surface area contributed by atoms with Crippen molar-refractivity contribution in [1.82, 2.24) is 10.0 Å². The van der Waals surface area contributed by atoms with E-state index in [1.54, 1.807) is 0 Å². The Morgan fingerprint density at radius 2 is 1.85 bits per heavy atom. The zero-order valence-corrected chi connectivity index (χ0v) is 15.8. The summed E-state index contributed by atoms with van der Waals surface area (Å²) in [5.41, 5.74) is 0.267. The van der Waals surface area contributed by atoms with E-state index in [-0.39, 0.29) is 41.5 Å². The monoisotopic (exact) mass is 384 g/mol. The van der Waals surface area contributed by atoms with Gasteiger partial charge in [0.25, 0.3) is 0 Å². The predicted molar refractivity (Wildman–Crippen MR) is 95.3 cm³/mol. The molecule has 1 aromatic rings. The molecule has 0 heterocycles. The van der Waals surface area contributed by atoms with Gasteiger partial charge in [0.1, 0.15) is 6.04 Å². The number of amides is 1. The van der Waals surface area contributed by atoms with E-state index in [1.165, 1.54) is 31.2 Å². The van der Waals surface area contributed by atoms with Gasteiger partial charge in [-0.1, -0.05) is 26.0 Å². The first kappa shape index (κ1) is 21.8.